The standard InChI is InChI=1S/C26H35N3O5/c1-16(2)23(28-24(30)20-12-21(33-6)14-22(13-20)34-7)25(31)27-15-18-8-10-19(11-9-18)26(32)29(5)17(3)4/h8-14,16-17,23H,15H2,1-7H3,(H,27,31)(H,28,30). The van der Waals surface area contributed by atoms with E-state index >= 15 is 0 Å². The van der Waals surface area contributed by atoms with Gasteiger partial charge in [-0.05, 0) is 49.6 Å². The molecular formula is C26H35N3O5. The number of carbonyl (C=O) groups is 3. The van der Waals surface area contributed by atoms with Gasteiger partial charge in [0.05, 0.1) is 14.2 Å². The minimum atomic E-state index is -0.731. The van der Waals surface area contributed by atoms with Gasteiger partial charge in [0.1, 0.15) is 17.5 Å². The van der Waals surface area contributed by atoms with Gasteiger partial charge in [-0.25, -0.2) is 0 Å². The van der Waals surface area contributed by atoms with Crippen molar-refractivity contribution in [2.75, 3.05) is 21.3 Å². The summed E-state index contributed by atoms with van der Waals surface area (Å²) in [6.07, 6.45) is 0. The fourth-order valence-electron chi connectivity index (χ4n) is 3.20. The minimum Gasteiger partial charge on any atom is -0.497 e. The lowest BCUT2D eigenvalue weighted by molar-refractivity contribution is -0.124. The second kappa shape index (κ2) is 12.1. The number of nitrogens with zero attached hydrogens (tertiary/aromatic N) is 1. The SMILES string of the molecule is COc1cc(OC)cc(C(=O)NC(C(=O)NCc2ccc(C(=O)N(C)C(C)C)cc2)C(C)C)c1. The van der Waals surface area contributed by atoms with Gasteiger partial charge < -0.3 is 25.0 Å². The molecule has 0 heterocycles. The predicted octanol–water partition coefficient (Wildman–Crippen LogP) is 3.26. The zero-order valence-corrected chi connectivity index (χ0v) is 21.0. The Morgan fingerprint density at radius 1 is 0.882 bits per heavy atom. The molecular weight excluding hydrogens is 434 g/mol. The lowest BCUT2D eigenvalue weighted by atomic mass is 10.0. The zero-order valence-electron chi connectivity index (χ0n) is 21.0. The van der Waals surface area contributed by atoms with Gasteiger partial charge in [0.25, 0.3) is 11.8 Å². The summed E-state index contributed by atoms with van der Waals surface area (Å²) in [7, 11) is 4.78. The first kappa shape index (κ1) is 26.7. The molecule has 2 aromatic carbocycles. The second-order valence-corrected chi connectivity index (χ2v) is 8.72. The van der Waals surface area contributed by atoms with E-state index in [2.05, 4.69) is 10.6 Å². The molecule has 0 saturated carbocycles. The van der Waals surface area contributed by atoms with Crippen LogP contribution in [0.5, 0.6) is 11.5 Å². The zero-order chi connectivity index (χ0) is 25.4. The summed E-state index contributed by atoms with van der Waals surface area (Å²) in [6, 6.07) is 11.3. The first-order valence-electron chi connectivity index (χ1n) is 11.2. The normalized spacial score (nSPS) is 11.7. The Morgan fingerprint density at radius 3 is 1.91 bits per heavy atom. The van der Waals surface area contributed by atoms with Crippen molar-refractivity contribution >= 4 is 17.7 Å². The summed E-state index contributed by atoms with van der Waals surface area (Å²) >= 11 is 0. The maximum atomic E-state index is 12.9. The summed E-state index contributed by atoms with van der Waals surface area (Å²) in [4.78, 5) is 39.8. The third kappa shape index (κ3) is 6.97. The Morgan fingerprint density at radius 2 is 1.44 bits per heavy atom. The van der Waals surface area contributed by atoms with Gasteiger partial charge in [-0.3, -0.25) is 14.4 Å². The molecule has 1 unspecified atom stereocenters. The summed E-state index contributed by atoms with van der Waals surface area (Å²) in [5.41, 5.74) is 1.78. The predicted molar refractivity (Wildman–Crippen MR) is 131 cm³/mol. The van der Waals surface area contributed by atoms with Crippen LogP contribution in [0.15, 0.2) is 42.5 Å². The number of hydrogen-bond donors (Lipinski definition) is 2. The van der Waals surface area contributed by atoms with Crippen molar-refractivity contribution in [2.45, 2.75) is 46.3 Å². The fraction of sp³-hybridized carbons (Fsp3) is 0.423. The Kier molecular flexibility index (Phi) is 9.47. The quantitative estimate of drug-likeness (QED) is 0.557. The van der Waals surface area contributed by atoms with Crippen molar-refractivity contribution in [3.05, 3.63) is 59.2 Å². The molecule has 0 aliphatic rings. The van der Waals surface area contributed by atoms with Gasteiger partial charge in [-0.15, -0.1) is 0 Å². The van der Waals surface area contributed by atoms with E-state index in [0.717, 1.165) is 5.56 Å². The molecule has 0 aliphatic heterocycles. The number of benzene rings is 2. The molecule has 0 radical (unpaired) electrons. The van der Waals surface area contributed by atoms with Crippen LogP contribution in [0, 0.1) is 5.92 Å². The number of nitrogens with one attached hydrogen (secondary N) is 2. The van der Waals surface area contributed by atoms with Crippen molar-refractivity contribution in [3.8, 4) is 11.5 Å². The Hall–Kier alpha value is -3.55. The van der Waals surface area contributed by atoms with Crippen LogP contribution in [-0.2, 0) is 11.3 Å². The first-order valence-corrected chi connectivity index (χ1v) is 11.2. The summed E-state index contributed by atoms with van der Waals surface area (Å²) < 4.78 is 10.4. The molecule has 0 spiro atoms. The Balaban J connectivity index is 2.04. The Bertz CT molecular complexity index is 980. The van der Waals surface area contributed by atoms with Crippen molar-refractivity contribution in [1.82, 2.24) is 15.5 Å². The lowest BCUT2D eigenvalue weighted by Gasteiger charge is -2.22. The highest BCUT2D eigenvalue weighted by atomic mass is 16.5. The van der Waals surface area contributed by atoms with Gasteiger partial charge in [-0.2, -0.15) is 0 Å². The van der Waals surface area contributed by atoms with Crippen molar-refractivity contribution in [1.29, 1.82) is 0 Å². The van der Waals surface area contributed by atoms with Crippen LogP contribution in [0.25, 0.3) is 0 Å². The van der Waals surface area contributed by atoms with Gasteiger partial charge in [-0.1, -0.05) is 26.0 Å². The third-order valence-electron chi connectivity index (χ3n) is 5.61. The molecule has 184 valence electrons. The molecule has 0 aliphatic carbocycles. The molecule has 2 rings (SSSR count). The minimum absolute atomic E-state index is 0.0534. The van der Waals surface area contributed by atoms with E-state index in [1.165, 1.54) is 14.2 Å². The van der Waals surface area contributed by atoms with Crippen LogP contribution in [0.4, 0.5) is 0 Å². The van der Waals surface area contributed by atoms with Crippen LogP contribution < -0.4 is 20.1 Å². The molecule has 0 fully saturated rings. The van der Waals surface area contributed by atoms with Crippen molar-refractivity contribution in [2.24, 2.45) is 5.92 Å². The maximum absolute atomic E-state index is 12.9. The van der Waals surface area contributed by atoms with E-state index in [0.29, 0.717) is 22.6 Å². The van der Waals surface area contributed by atoms with Gasteiger partial charge in [0.15, 0.2) is 0 Å². The third-order valence-corrected chi connectivity index (χ3v) is 5.61. The molecule has 1 atom stereocenters. The molecule has 3 amide bonds. The highest BCUT2D eigenvalue weighted by Crippen LogP contribution is 2.22. The van der Waals surface area contributed by atoms with Crippen LogP contribution in [0.2, 0.25) is 0 Å². The van der Waals surface area contributed by atoms with E-state index in [-0.39, 0.29) is 30.3 Å². The number of ether oxygens (including phenoxy) is 2. The van der Waals surface area contributed by atoms with E-state index in [1.807, 2.05) is 39.8 Å². The van der Waals surface area contributed by atoms with Crippen LogP contribution in [-0.4, -0.2) is 56.0 Å². The molecule has 8 heteroatoms. The Labute approximate surface area is 201 Å². The average molecular weight is 470 g/mol. The van der Waals surface area contributed by atoms with Gasteiger partial charge in [0, 0.05) is 36.8 Å². The van der Waals surface area contributed by atoms with E-state index in [4.69, 9.17) is 9.47 Å². The fourth-order valence-corrected chi connectivity index (χ4v) is 3.20. The summed E-state index contributed by atoms with van der Waals surface area (Å²) in [6.45, 7) is 7.91. The molecule has 2 N–H and O–H groups in total. The van der Waals surface area contributed by atoms with E-state index in [1.54, 1.807) is 42.3 Å². The second-order valence-electron chi connectivity index (χ2n) is 8.72. The van der Waals surface area contributed by atoms with Crippen molar-refractivity contribution in [3.63, 3.8) is 0 Å². The maximum Gasteiger partial charge on any atom is 0.253 e. The average Bonchev–Trinajstić information content (AvgIpc) is 2.84. The summed E-state index contributed by atoms with van der Waals surface area (Å²) in [5.74, 6) is 0.0830. The monoisotopic (exact) mass is 469 g/mol. The van der Waals surface area contributed by atoms with Gasteiger partial charge in [0.2, 0.25) is 5.91 Å². The lowest BCUT2D eigenvalue weighted by Crippen LogP contribution is -2.49. The van der Waals surface area contributed by atoms with E-state index < -0.39 is 11.9 Å². The number of rotatable bonds is 10. The molecule has 34 heavy (non-hydrogen) atoms. The smallest absolute Gasteiger partial charge is 0.253 e. The first-order chi connectivity index (χ1) is 16.1. The van der Waals surface area contributed by atoms with Crippen LogP contribution >= 0.6 is 0 Å². The van der Waals surface area contributed by atoms with Gasteiger partial charge >= 0.3 is 0 Å². The largest absolute Gasteiger partial charge is 0.497 e. The van der Waals surface area contributed by atoms with Crippen molar-refractivity contribution < 1.29 is 23.9 Å². The molecule has 0 bridgehead atoms. The number of hydrogen-bond acceptors (Lipinski definition) is 5. The van der Waals surface area contributed by atoms with Crippen LogP contribution in [0.3, 0.4) is 0 Å². The highest BCUT2D eigenvalue weighted by molar-refractivity contribution is 5.98. The molecule has 0 aromatic heterocycles. The summed E-state index contributed by atoms with van der Waals surface area (Å²) in [5, 5.41) is 5.68. The molecule has 2 aromatic rings. The molecule has 0 saturated heterocycles. The van der Waals surface area contributed by atoms with E-state index in [9.17, 15) is 14.4 Å². The number of amides is 3. The molecule has 8 nitrogen and oxygen atoms in total. The topological polar surface area (TPSA) is 97.0 Å². The number of methoxy groups -OCH3 is 2. The van der Waals surface area contributed by atoms with Crippen LogP contribution in [0.1, 0.15) is 54.0 Å². The highest BCUT2D eigenvalue weighted by Gasteiger charge is 2.25. The number of carbonyl (C=O) groups excluding carboxylic acids is 3.